The molecule has 1 aliphatic heterocycles. The highest BCUT2D eigenvalue weighted by Crippen LogP contribution is 2.26. The maximum Gasteiger partial charge on any atom is 0.124 e. The zero-order valence-electron chi connectivity index (χ0n) is 10.4. The van der Waals surface area contributed by atoms with Crippen LogP contribution in [0.1, 0.15) is 12.6 Å². The van der Waals surface area contributed by atoms with Crippen LogP contribution in [0, 0.1) is 0 Å². The highest BCUT2D eigenvalue weighted by molar-refractivity contribution is 7.14. The summed E-state index contributed by atoms with van der Waals surface area (Å²) in [6, 6.07) is 2.74. The molecule has 1 aliphatic rings. The molecule has 5 heteroatoms. The smallest absolute Gasteiger partial charge is 0.124 e. The van der Waals surface area contributed by atoms with Crippen LogP contribution in [0.2, 0.25) is 0 Å². The monoisotopic (exact) mass is 279 g/mol. The molecule has 0 radical (unpaired) electrons. The maximum atomic E-state index is 4.74. The molecule has 2 aromatic rings. The Hall–Kier alpha value is -0.750. The summed E-state index contributed by atoms with van der Waals surface area (Å²) in [4.78, 5) is 7.25. The van der Waals surface area contributed by atoms with Gasteiger partial charge in [-0.05, 0) is 18.4 Å². The number of hydrogen-bond acceptors (Lipinski definition) is 5. The first kappa shape index (κ1) is 12.3. The van der Waals surface area contributed by atoms with Crippen LogP contribution in [0.4, 0.5) is 0 Å². The minimum absolute atomic E-state index is 0.602. The fourth-order valence-corrected chi connectivity index (χ4v) is 3.75. The van der Waals surface area contributed by atoms with Gasteiger partial charge in [-0.25, -0.2) is 4.98 Å². The number of hydrogen-bond donors (Lipinski definition) is 1. The lowest BCUT2D eigenvalue weighted by Crippen LogP contribution is -2.49. The molecule has 96 valence electrons. The van der Waals surface area contributed by atoms with E-state index in [9.17, 15) is 0 Å². The summed E-state index contributed by atoms with van der Waals surface area (Å²) in [5, 5.41) is 11.0. The first-order valence-corrected chi connectivity index (χ1v) is 8.07. The van der Waals surface area contributed by atoms with E-state index in [1.165, 1.54) is 11.3 Å². The molecular weight excluding hydrogens is 262 g/mol. The topological polar surface area (TPSA) is 28.2 Å². The summed E-state index contributed by atoms with van der Waals surface area (Å²) in [6.07, 6.45) is 0. The van der Waals surface area contributed by atoms with E-state index in [0.29, 0.717) is 6.04 Å². The molecule has 0 saturated carbocycles. The molecular formula is C13H17N3S2. The van der Waals surface area contributed by atoms with Crippen molar-refractivity contribution in [1.82, 2.24) is 15.2 Å². The Morgan fingerprint density at radius 1 is 1.50 bits per heavy atom. The Balaban J connectivity index is 1.70. The van der Waals surface area contributed by atoms with Crippen LogP contribution in [0.25, 0.3) is 10.6 Å². The Bertz CT molecular complexity index is 492. The molecule has 1 saturated heterocycles. The van der Waals surface area contributed by atoms with Crippen molar-refractivity contribution in [2.75, 3.05) is 19.6 Å². The summed E-state index contributed by atoms with van der Waals surface area (Å²) in [5.41, 5.74) is 2.46. The van der Waals surface area contributed by atoms with Gasteiger partial charge in [0.05, 0.1) is 5.69 Å². The zero-order chi connectivity index (χ0) is 12.4. The molecule has 18 heavy (non-hydrogen) atoms. The predicted molar refractivity (Wildman–Crippen MR) is 78.2 cm³/mol. The lowest BCUT2D eigenvalue weighted by atomic mass is 10.2. The Labute approximate surface area is 115 Å². The van der Waals surface area contributed by atoms with Gasteiger partial charge in [0.25, 0.3) is 0 Å². The molecule has 0 aliphatic carbocycles. The van der Waals surface area contributed by atoms with Crippen molar-refractivity contribution in [3.05, 3.63) is 27.9 Å². The van der Waals surface area contributed by atoms with Gasteiger partial charge in [-0.15, -0.1) is 11.3 Å². The number of nitrogens with zero attached hydrogens (tertiary/aromatic N) is 2. The highest BCUT2D eigenvalue weighted by Gasteiger charge is 2.18. The van der Waals surface area contributed by atoms with Gasteiger partial charge < -0.3 is 5.32 Å². The van der Waals surface area contributed by atoms with E-state index >= 15 is 0 Å². The largest absolute Gasteiger partial charge is 0.314 e. The van der Waals surface area contributed by atoms with Crippen LogP contribution in [0.15, 0.2) is 22.2 Å². The lowest BCUT2D eigenvalue weighted by molar-refractivity contribution is 0.164. The molecule has 2 aromatic heterocycles. The quantitative estimate of drug-likeness (QED) is 0.936. The van der Waals surface area contributed by atoms with E-state index < -0.39 is 0 Å². The molecule has 3 rings (SSSR count). The number of thiazole rings is 1. The van der Waals surface area contributed by atoms with E-state index in [0.717, 1.165) is 31.2 Å². The second kappa shape index (κ2) is 5.48. The van der Waals surface area contributed by atoms with Gasteiger partial charge in [-0.3, -0.25) is 4.90 Å². The minimum atomic E-state index is 0.602. The summed E-state index contributed by atoms with van der Waals surface area (Å²) in [7, 11) is 0. The summed E-state index contributed by atoms with van der Waals surface area (Å²) < 4.78 is 0. The molecule has 1 fully saturated rings. The molecule has 0 amide bonds. The van der Waals surface area contributed by atoms with Crippen molar-refractivity contribution >= 4 is 22.7 Å². The number of rotatable bonds is 3. The van der Waals surface area contributed by atoms with Crippen molar-refractivity contribution in [1.29, 1.82) is 0 Å². The number of piperazine rings is 1. The third-order valence-electron chi connectivity index (χ3n) is 3.32. The fraction of sp³-hybridized carbons (Fsp3) is 0.462. The Morgan fingerprint density at radius 2 is 2.44 bits per heavy atom. The second-order valence-corrected chi connectivity index (χ2v) is 6.32. The maximum absolute atomic E-state index is 4.74. The first-order chi connectivity index (χ1) is 8.83. The minimum Gasteiger partial charge on any atom is -0.314 e. The van der Waals surface area contributed by atoms with Gasteiger partial charge >= 0.3 is 0 Å². The first-order valence-electron chi connectivity index (χ1n) is 6.24. The van der Waals surface area contributed by atoms with Crippen molar-refractivity contribution in [3.8, 4) is 10.6 Å². The van der Waals surface area contributed by atoms with E-state index in [1.807, 2.05) is 0 Å². The second-order valence-electron chi connectivity index (χ2n) is 4.68. The van der Waals surface area contributed by atoms with Gasteiger partial charge in [-0.1, -0.05) is 0 Å². The van der Waals surface area contributed by atoms with Crippen LogP contribution in [-0.4, -0.2) is 35.6 Å². The van der Waals surface area contributed by atoms with Gasteiger partial charge in [0.1, 0.15) is 5.01 Å². The van der Waals surface area contributed by atoms with Crippen molar-refractivity contribution in [2.45, 2.75) is 19.5 Å². The Morgan fingerprint density at radius 3 is 3.22 bits per heavy atom. The van der Waals surface area contributed by atoms with Crippen LogP contribution >= 0.6 is 22.7 Å². The van der Waals surface area contributed by atoms with Crippen LogP contribution < -0.4 is 5.32 Å². The van der Waals surface area contributed by atoms with E-state index in [-0.39, 0.29) is 0 Å². The van der Waals surface area contributed by atoms with E-state index in [2.05, 4.69) is 39.3 Å². The molecule has 0 bridgehead atoms. The number of nitrogens with one attached hydrogen (secondary N) is 1. The number of thiophene rings is 1. The predicted octanol–water partition coefficient (Wildman–Crippen LogP) is 2.67. The molecule has 1 N–H and O–H groups in total. The Kier molecular flexibility index (Phi) is 3.75. The van der Waals surface area contributed by atoms with Gasteiger partial charge in [0.15, 0.2) is 0 Å². The van der Waals surface area contributed by atoms with E-state index in [4.69, 9.17) is 4.98 Å². The standard InChI is InChI=1S/C13H17N3S2/c1-10-6-14-3-4-16(10)7-12-9-18-13(15-12)11-2-5-17-8-11/h2,5,8-10,14H,3-4,6-7H2,1H3/t10-/m0/s1. The molecule has 0 unspecified atom stereocenters. The van der Waals surface area contributed by atoms with Crippen LogP contribution in [-0.2, 0) is 6.54 Å². The fourth-order valence-electron chi connectivity index (χ4n) is 2.22. The third kappa shape index (κ3) is 2.64. The zero-order valence-corrected chi connectivity index (χ0v) is 12.1. The highest BCUT2D eigenvalue weighted by atomic mass is 32.1. The molecule has 3 heterocycles. The molecule has 0 aromatic carbocycles. The van der Waals surface area contributed by atoms with Crippen LogP contribution in [0.3, 0.4) is 0 Å². The molecule has 0 spiro atoms. The van der Waals surface area contributed by atoms with Crippen molar-refractivity contribution in [3.63, 3.8) is 0 Å². The van der Waals surface area contributed by atoms with Crippen LogP contribution in [0.5, 0.6) is 0 Å². The van der Waals surface area contributed by atoms with Gasteiger partial charge in [0.2, 0.25) is 0 Å². The average Bonchev–Trinajstić information content (AvgIpc) is 3.02. The summed E-state index contributed by atoms with van der Waals surface area (Å²) in [6.45, 7) is 6.54. The van der Waals surface area contributed by atoms with Crippen molar-refractivity contribution in [2.24, 2.45) is 0 Å². The van der Waals surface area contributed by atoms with Gasteiger partial charge in [-0.2, -0.15) is 11.3 Å². The average molecular weight is 279 g/mol. The normalized spacial score (nSPS) is 21.3. The lowest BCUT2D eigenvalue weighted by Gasteiger charge is -2.33. The van der Waals surface area contributed by atoms with Crippen molar-refractivity contribution < 1.29 is 0 Å². The summed E-state index contributed by atoms with van der Waals surface area (Å²) in [5.74, 6) is 0. The summed E-state index contributed by atoms with van der Waals surface area (Å²) >= 11 is 3.48. The third-order valence-corrected chi connectivity index (χ3v) is 4.95. The molecule has 1 atom stereocenters. The SMILES string of the molecule is C[C@H]1CNCCN1Cc1csc(-c2ccsc2)n1. The van der Waals surface area contributed by atoms with E-state index in [1.54, 1.807) is 22.7 Å². The molecule has 3 nitrogen and oxygen atoms in total. The number of aromatic nitrogens is 1. The van der Waals surface area contributed by atoms with Gasteiger partial charge in [0, 0.05) is 48.5 Å².